The molecular formula is C18H17ClN2O2S. The maximum Gasteiger partial charge on any atom is 0.239 e. The maximum atomic E-state index is 12.2. The number of rotatable bonds is 5. The normalized spacial score (nSPS) is 16.0. The topological polar surface area (TPSA) is 41.9 Å². The van der Waals surface area contributed by atoms with E-state index in [-0.39, 0.29) is 5.91 Å². The van der Waals surface area contributed by atoms with Crippen molar-refractivity contribution >= 4 is 40.1 Å². The van der Waals surface area contributed by atoms with Gasteiger partial charge in [0.15, 0.2) is 5.17 Å². The third kappa shape index (κ3) is 3.91. The summed E-state index contributed by atoms with van der Waals surface area (Å²) in [5.41, 5.74) is 1.87. The predicted octanol–water partition coefficient (Wildman–Crippen LogP) is 4.15. The molecule has 0 unspecified atom stereocenters. The fraction of sp³-hybridized carbons (Fsp3) is 0.222. The van der Waals surface area contributed by atoms with Crippen molar-refractivity contribution in [1.82, 2.24) is 4.90 Å². The number of aliphatic imine (C=N–C) groups is 1. The monoisotopic (exact) mass is 360 g/mol. The van der Waals surface area contributed by atoms with E-state index < -0.39 is 0 Å². The van der Waals surface area contributed by atoms with Crippen LogP contribution in [0.4, 0.5) is 5.69 Å². The SMILES string of the molecule is COc1ccccc1N=C1SCC(=O)N1CCc1ccc(Cl)cc1. The molecule has 1 fully saturated rings. The standard InChI is InChI=1S/C18H17ClN2O2S/c1-23-16-5-3-2-4-15(16)20-18-21(17(22)12-24-18)11-10-13-6-8-14(19)9-7-13/h2-9H,10-12H2,1H3. The van der Waals surface area contributed by atoms with Crippen LogP contribution in [0.15, 0.2) is 53.5 Å². The molecule has 1 amide bonds. The maximum absolute atomic E-state index is 12.2. The van der Waals surface area contributed by atoms with Crippen molar-refractivity contribution in [2.75, 3.05) is 19.4 Å². The summed E-state index contributed by atoms with van der Waals surface area (Å²) in [5, 5.41) is 1.43. The highest BCUT2D eigenvalue weighted by Crippen LogP contribution is 2.30. The second-order valence-electron chi connectivity index (χ2n) is 5.28. The number of hydrogen-bond acceptors (Lipinski definition) is 4. The lowest BCUT2D eigenvalue weighted by molar-refractivity contribution is -0.124. The van der Waals surface area contributed by atoms with Crippen LogP contribution in [0.1, 0.15) is 5.56 Å². The largest absolute Gasteiger partial charge is 0.494 e. The Morgan fingerprint density at radius 3 is 2.71 bits per heavy atom. The minimum absolute atomic E-state index is 0.0858. The highest BCUT2D eigenvalue weighted by Gasteiger charge is 2.28. The van der Waals surface area contributed by atoms with Gasteiger partial charge in [-0.15, -0.1) is 0 Å². The van der Waals surface area contributed by atoms with Crippen LogP contribution in [-0.4, -0.2) is 35.4 Å². The number of methoxy groups -OCH3 is 1. The number of benzene rings is 2. The first kappa shape index (κ1) is 16.9. The van der Waals surface area contributed by atoms with E-state index in [2.05, 4.69) is 4.99 Å². The summed E-state index contributed by atoms with van der Waals surface area (Å²) in [6.45, 7) is 0.599. The van der Waals surface area contributed by atoms with Crippen molar-refractivity contribution < 1.29 is 9.53 Å². The lowest BCUT2D eigenvalue weighted by atomic mass is 10.1. The highest BCUT2D eigenvalue weighted by molar-refractivity contribution is 8.15. The van der Waals surface area contributed by atoms with Crippen LogP contribution in [0.25, 0.3) is 0 Å². The Kier molecular flexibility index (Phi) is 5.43. The molecule has 4 nitrogen and oxygen atoms in total. The average molecular weight is 361 g/mol. The predicted molar refractivity (Wildman–Crippen MR) is 99.4 cm³/mol. The summed E-state index contributed by atoms with van der Waals surface area (Å²) in [7, 11) is 1.62. The van der Waals surface area contributed by atoms with E-state index in [1.54, 1.807) is 12.0 Å². The number of halogens is 1. The van der Waals surface area contributed by atoms with Crippen molar-refractivity contribution in [2.24, 2.45) is 4.99 Å². The summed E-state index contributed by atoms with van der Waals surface area (Å²) in [6.07, 6.45) is 0.758. The van der Waals surface area contributed by atoms with Gasteiger partial charge in [0.1, 0.15) is 11.4 Å². The van der Waals surface area contributed by atoms with E-state index in [9.17, 15) is 4.79 Å². The molecule has 1 aliphatic rings. The van der Waals surface area contributed by atoms with E-state index in [0.717, 1.165) is 22.8 Å². The van der Waals surface area contributed by atoms with Crippen molar-refractivity contribution in [3.05, 3.63) is 59.1 Å². The zero-order valence-corrected chi connectivity index (χ0v) is 14.8. The molecule has 2 aromatic carbocycles. The van der Waals surface area contributed by atoms with Crippen molar-refractivity contribution in [3.63, 3.8) is 0 Å². The molecule has 1 aliphatic heterocycles. The summed E-state index contributed by atoms with van der Waals surface area (Å²) in [5.74, 6) is 1.21. The van der Waals surface area contributed by atoms with E-state index in [0.29, 0.717) is 23.1 Å². The van der Waals surface area contributed by atoms with Gasteiger partial charge in [-0.1, -0.05) is 47.6 Å². The van der Waals surface area contributed by atoms with Gasteiger partial charge in [-0.3, -0.25) is 9.69 Å². The van der Waals surface area contributed by atoms with Gasteiger partial charge in [0.25, 0.3) is 0 Å². The van der Waals surface area contributed by atoms with Gasteiger partial charge in [0, 0.05) is 11.6 Å². The van der Waals surface area contributed by atoms with Crippen LogP contribution in [0.3, 0.4) is 0 Å². The number of ether oxygens (including phenoxy) is 1. The zero-order chi connectivity index (χ0) is 16.9. The van der Waals surface area contributed by atoms with E-state index in [1.165, 1.54) is 11.8 Å². The minimum atomic E-state index is 0.0858. The fourth-order valence-corrected chi connectivity index (χ4v) is 3.47. The molecule has 0 saturated carbocycles. The molecular weight excluding hydrogens is 344 g/mol. The molecule has 0 aromatic heterocycles. The molecule has 0 aliphatic carbocycles. The van der Waals surface area contributed by atoms with Crippen LogP contribution in [-0.2, 0) is 11.2 Å². The van der Waals surface area contributed by atoms with Gasteiger partial charge < -0.3 is 4.74 Å². The lowest BCUT2D eigenvalue weighted by Crippen LogP contribution is -2.31. The van der Waals surface area contributed by atoms with Gasteiger partial charge in [-0.25, -0.2) is 4.99 Å². The molecule has 0 radical (unpaired) electrons. The number of thioether (sulfide) groups is 1. The minimum Gasteiger partial charge on any atom is -0.494 e. The summed E-state index contributed by atoms with van der Waals surface area (Å²) >= 11 is 7.37. The van der Waals surface area contributed by atoms with E-state index in [4.69, 9.17) is 16.3 Å². The Morgan fingerprint density at radius 1 is 1.21 bits per heavy atom. The number of para-hydroxylation sites is 2. The molecule has 0 N–H and O–H groups in total. The third-order valence-electron chi connectivity index (χ3n) is 3.70. The van der Waals surface area contributed by atoms with Crippen molar-refractivity contribution in [2.45, 2.75) is 6.42 Å². The Bertz CT molecular complexity index is 762. The van der Waals surface area contributed by atoms with Crippen LogP contribution in [0.5, 0.6) is 5.75 Å². The molecule has 6 heteroatoms. The van der Waals surface area contributed by atoms with Crippen LogP contribution >= 0.6 is 23.4 Å². The van der Waals surface area contributed by atoms with Crippen molar-refractivity contribution in [1.29, 1.82) is 0 Å². The Morgan fingerprint density at radius 2 is 1.96 bits per heavy atom. The van der Waals surface area contributed by atoms with Crippen LogP contribution in [0.2, 0.25) is 5.02 Å². The molecule has 0 spiro atoms. The second kappa shape index (κ2) is 7.73. The Hall–Kier alpha value is -1.98. The number of amides is 1. The summed E-state index contributed by atoms with van der Waals surface area (Å²) < 4.78 is 5.33. The zero-order valence-electron chi connectivity index (χ0n) is 13.2. The first-order valence-electron chi connectivity index (χ1n) is 7.56. The van der Waals surface area contributed by atoms with Gasteiger partial charge in [-0.2, -0.15) is 0 Å². The second-order valence-corrected chi connectivity index (χ2v) is 6.66. The molecule has 124 valence electrons. The fourth-order valence-electron chi connectivity index (χ4n) is 2.42. The number of hydrogen-bond donors (Lipinski definition) is 0. The van der Waals surface area contributed by atoms with E-state index in [1.807, 2.05) is 48.5 Å². The quantitative estimate of drug-likeness (QED) is 0.804. The van der Waals surface area contributed by atoms with Crippen LogP contribution in [0, 0.1) is 0 Å². The van der Waals surface area contributed by atoms with Crippen molar-refractivity contribution in [3.8, 4) is 5.75 Å². The number of nitrogens with zero attached hydrogens (tertiary/aromatic N) is 2. The van der Waals surface area contributed by atoms with Gasteiger partial charge in [0.2, 0.25) is 5.91 Å². The molecule has 1 heterocycles. The smallest absolute Gasteiger partial charge is 0.239 e. The van der Waals surface area contributed by atoms with Crippen LogP contribution < -0.4 is 4.74 Å². The Balaban J connectivity index is 1.76. The number of carbonyl (C=O) groups excluding carboxylic acids is 1. The number of amidine groups is 1. The molecule has 24 heavy (non-hydrogen) atoms. The lowest BCUT2D eigenvalue weighted by Gasteiger charge is -2.16. The van der Waals surface area contributed by atoms with Gasteiger partial charge in [0.05, 0.1) is 12.9 Å². The van der Waals surface area contributed by atoms with Gasteiger partial charge >= 0.3 is 0 Å². The molecule has 0 bridgehead atoms. The molecule has 1 saturated heterocycles. The summed E-state index contributed by atoms with van der Waals surface area (Å²) in [4.78, 5) is 18.5. The van der Waals surface area contributed by atoms with E-state index >= 15 is 0 Å². The Labute approximate surface area is 150 Å². The molecule has 2 aromatic rings. The molecule has 3 rings (SSSR count). The number of carbonyl (C=O) groups is 1. The highest BCUT2D eigenvalue weighted by atomic mass is 35.5. The first-order chi connectivity index (χ1) is 11.7. The first-order valence-corrected chi connectivity index (χ1v) is 8.93. The van der Waals surface area contributed by atoms with Gasteiger partial charge in [-0.05, 0) is 36.2 Å². The summed E-state index contributed by atoms with van der Waals surface area (Å²) in [6, 6.07) is 15.2. The third-order valence-corrected chi connectivity index (χ3v) is 4.91. The molecule has 0 atom stereocenters. The average Bonchev–Trinajstić information content (AvgIpc) is 2.95.